The van der Waals surface area contributed by atoms with Gasteiger partial charge in [-0.1, -0.05) is 43.3 Å². The number of nitrogens with zero attached hydrogens (tertiary/aromatic N) is 2. The number of hydrogen-bond acceptors (Lipinski definition) is 7. The van der Waals surface area contributed by atoms with Crippen molar-refractivity contribution in [3.05, 3.63) is 46.8 Å². The molecule has 0 saturated heterocycles. The van der Waals surface area contributed by atoms with Gasteiger partial charge in [0.1, 0.15) is 6.10 Å². The number of aromatic nitrogens is 2. The Labute approximate surface area is 174 Å². The van der Waals surface area contributed by atoms with Gasteiger partial charge in [0.05, 0.1) is 4.88 Å². The summed E-state index contributed by atoms with van der Waals surface area (Å²) in [5, 5.41) is 7.63. The van der Waals surface area contributed by atoms with Gasteiger partial charge in [-0.25, -0.2) is 0 Å². The van der Waals surface area contributed by atoms with Crippen LogP contribution in [0.1, 0.15) is 37.1 Å². The van der Waals surface area contributed by atoms with Gasteiger partial charge in [0.2, 0.25) is 5.82 Å². The van der Waals surface area contributed by atoms with Crippen LogP contribution in [-0.2, 0) is 22.5 Å². The highest BCUT2D eigenvalue weighted by Crippen LogP contribution is 2.30. The van der Waals surface area contributed by atoms with Crippen molar-refractivity contribution < 1.29 is 14.1 Å². The second-order valence-corrected chi connectivity index (χ2v) is 9.06. The number of rotatable bonds is 9. The predicted molar refractivity (Wildman–Crippen MR) is 112 cm³/mol. The minimum atomic E-state index is 0.0737. The van der Waals surface area contributed by atoms with Gasteiger partial charge in [0, 0.05) is 23.0 Å². The first-order chi connectivity index (χ1) is 14.1. The molecular weight excluding hydrogens is 386 g/mol. The molecule has 0 unspecified atom stereocenters. The van der Waals surface area contributed by atoms with Gasteiger partial charge in [0.15, 0.2) is 0 Å². The maximum atomic E-state index is 10.3. The van der Waals surface area contributed by atoms with Crippen LogP contribution >= 0.6 is 11.3 Å². The molecule has 1 aromatic carbocycles. The van der Waals surface area contributed by atoms with E-state index in [2.05, 4.69) is 53.6 Å². The Hall–Kier alpha value is -2.51. The summed E-state index contributed by atoms with van der Waals surface area (Å²) in [6.45, 7) is 5.75. The fourth-order valence-corrected chi connectivity index (χ4v) is 4.54. The van der Waals surface area contributed by atoms with Gasteiger partial charge < -0.3 is 14.6 Å². The number of ether oxygens (including phenoxy) is 1. The molecule has 1 aliphatic rings. The van der Waals surface area contributed by atoms with Crippen molar-refractivity contribution in [2.24, 2.45) is 5.92 Å². The SMILES string of the molecule is CC(C)Cc1ccc(-c2nc(-c3ccc(CNC4CC(OC=O)C4)cc3)no2)s1. The van der Waals surface area contributed by atoms with Gasteiger partial charge in [0.25, 0.3) is 12.4 Å². The van der Waals surface area contributed by atoms with Crippen molar-refractivity contribution in [3.63, 3.8) is 0 Å². The quantitative estimate of drug-likeness (QED) is 0.524. The van der Waals surface area contributed by atoms with E-state index in [1.165, 1.54) is 10.4 Å². The number of carbonyl (C=O) groups excluding carboxylic acids is 1. The van der Waals surface area contributed by atoms with Crippen molar-refractivity contribution in [2.45, 2.75) is 51.8 Å². The van der Waals surface area contributed by atoms with E-state index < -0.39 is 0 Å². The normalized spacial score (nSPS) is 18.6. The first kappa shape index (κ1) is 19.8. The van der Waals surface area contributed by atoms with Crippen LogP contribution in [0.2, 0.25) is 0 Å². The fourth-order valence-electron chi connectivity index (χ4n) is 3.40. The van der Waals surface area contributed by atoms with Crippen LogP contribution in [0.25, 0.3) is 22.2 Å². The molecule has 0 atom stereocenters. The highest BCUT2D eigenvalue weighted by molar-refractivity contribution is 7.15. The second kappa shape index (κ2) is 8.88. The van der Waals surface area contributed by atoms with Crippen LogP contribution in [0.15, 0.2) is 40.9 Å². The second-order valence-electron chi connectivity index (χ2n) is 7.89. The summed E-state index contributed by atoms with van der Waals surface area (Å²) < 4.78 is 10.4. The molecule has 29 heavy (non-hydrogen) atoms. The molecule has 7 heteroatoms. The van der Waals surface area contributed by atoms with E-state index in [0.717, 1.165) is 36.2 Å². The highest BCUT2D eigenvalue weighted by atomic mass is 32.1. The first-order valence-electron chi connectivity index (χ1n) is 9.95. The van der Waals surface area contributed by atoms with Crippen molar-refractivity contribution in [2.75, 3.05) is 0 Å². The van der Waals surface area contributed by atoms with E-state index in [0.29, 0.717) is 30.1 Å². The molecule has 0 spiro atoms. The Kier molecular flexibility index (Phi) is 6.06. The largest absolute Gasteiger partial charge is 0.464 e. The van der Waals surface area contributed by atoms with Crippen molar-refractivity contribution in [1.29, 1.82) is 0 Å². The van der Waals surface area contributed by atoms with E-state index in [1.807, 2.05) is 12.1 Å². The minimum absolute atomic E-state index is 0.0737. The number of nitrogens with one attached hydrogen (secondary N) is 1. The van der Waals surface area contributed by atoms with Gasteiger partial charge >= 0.3 is 0 Å². The maximum Gasteiger partial charge on any atom is 0.293 e. The molecule has 1 saturated carbocycles. The lowest BCUT2D eigenvalue weighted by Gasteiger charge is -2.34. The summed E-state index contributed by atoms with van der Waals surface area (Å²) in [5.74, 6) is 1.80. The molecule has 1 fully saturated rings. The van der Waals surface area contributed by atoms with Gasteiger partial charge in [-0.3, -0.25) is 4.79 Å². The third-order valence-corrected chi connectivity index (χ3v) is 6.15. The molecule has 2 aromatic heterocycles. The molecule has 0 amide bonds. The molecule has 1 N–H and O–H groups in total. The summed E-state index contributed by atoms with van der Waals surface area (Å²) in [6.07, 6.45) is 2.89. The molecule has 1 aliphatic carbocycles. The Bertz CT molecular complexity index is 942. The lowest BCUT2D eigenvalue weighted by Crippen LogP contribution is -2.44. The smallest absolute Gasteiger partial charge is 0.293 e. The summed E-state index contributed by atoms with van der Waals surface area (Å²) in [6, 6.07) is 12.8. The fraction of sp³-hybridized carbons (Fsp3) is 0.409. The number of thiophene rings is 1. The van der Waals surface area contributed by atoms with E-state index in [9.17, 15) is 4.79 Å². The Morgan fingerprint density at radius 1 is 1.24 bits per heavy atom. The molecule has 3 aromatic rings. The zero-order valence-electron chi connectivity index (χ0n) is 16.6. The zero-order chi connectivity index (χ0) is 20.2. The average Bonchev–Trinajstić information content (AvgIpc) is 3.33. The standard InChI is InChI=1S/C22H25N3O3S/c1-14(2)9-19-7-8-20(29-19)22-24-21(25-28-22)16-5-3-15(4-6-16)12-23-17-10-18(11-17)27-13-26/h3-8,13-14,17-18,23H,9-12H2,1-2H3. The molecule has 6 nitrogen and oxygen atoms in total. The molecule has 4 rings (SSSR count). The molecular formula is C22H25N3O3S. The van der Waals surface area contributed by atoms with Crippen LogP contribution < -0.4 is 5.32 Å². The topological polar surface area (TPSA) is 77.3 Å². The Morgan fingerprint density at radius 2 is 2.03 bits per heavy atom. The maximum absolute atomic E-state index is 10.3. The lowest BCUT2D eigenvalue weighted by molar-refractivity contribution is -0.138. The van der Waals surface area contributed by atoms with Gasteiger partial charge in [-0.2, -0.15) is 4.98 Å². The van der Waals surface area contributed by atoms with Crippen LogP contribution in [0.4, 0.5) is 0 Å². The summed E-state index contributed by atoms with van der Waals surface area (Å²) in [7, 11) is 0. The molecule has 152 valence electrons. The van der Waals surface area contributed by atoms with Crippen molar-refractivity contribution >= 4 is 17.8 Å². The first-order valence-corrected chi connectivity index (χ1v) is 10.8. The van der Waals surface area contributed by atoms with Crippen LogP contribution in [0.5, 0.6) is 0 Å². The summed E-state index contributed by atoms with van der Waals surface area (Å²) in [5.41, 5.74) is 2.12. The number of benzene rings is 1. The monoisotopic (exact) mass is 411 g/mol. The van der Waals surface area contributed by atoms with Crippen molar-refractivity contribution in [3.8, 4) is 22.2 Å². The van der Waals surface area contributed by atoms with Crippen LogP contribution in [0.3, 0.4) is 0 Å². The third kappa shape index (κ3) is 4.92. The predicted octanol–water partition coefficient (Wildman–Crippen LogP) is 4.46. The number of hydrogen-bond donors (Lipinski definition) is 1. The zero-order valence-corrected chi connectivity index (χ0v) is 17.4. The van der Waals surface area contributed by atoms with Crippen LogP contribution in [0, 0.1) is 5.92 Å². The lowest BCUT2D eigenvalue weighted by atomic mass is 9.89. The van der Waals surface area contributed by atoms with E-state index in [-0.39, 0.29) is 6.10 Å². The average molecular weight is 412 g/mol. The molecule has 0 aliphatic heterocycles. The minimum Gasteiger partial charge on any atom is -0.464 e. The summed E-state index contributed by atoms with van der Waals surface area (Å²) >= 11 is 1.71. The Balaban J connectivity index is 1.34. The molecule has 2 heterocycles. The third-order valence-electron chi connectivity index (χ3n) is 5.06. The van der Waals surface area contributed by atoms with Crippen LogP contribution in [-0.4, -0.2) is 28.8 Å². The van der Waals surface area contributed by atoms with E-state index in [1.54, 1.807) is 11.3 Å². The van der Waals surface area contributed by atoms with Crippen molar-refractivity contribution in [1.82, 2.24) is 15.5 Å². The van der Waals surface area contributed by atoms with E-state index in [4.69, 9.17) is 9.26 Å². The van der Waals surface area contributed by atoms with E-state index >= 15 is 0 Å². The van der Waals surface area contributed by atoms with Gasteiger partial charge in [-0.05, 0) is 42.9 Å². The highest BCUT2D eigenvalue weighted by Gasteiger charge is 2.29. The molecule has 0 radical (unpaired) electrons. The van der Waals surface area contributed by atoms with Gasteiger partial charge in [-0.15, -0.1) is 11.3 Å². The summed E-state index contributed by atoms with van der Waals surface area (Å²) in [4.78, 5) is 17.2. The Morgan fingerprint density at radius 3 is 2.76 bits per heavy atom. The number of carbonyl (C=O) groups is 1. The molecule has 0 bridgehead atoms.